The van der Waals surface area contributed by atoms with Crippen molar-refractivity contribution in [1.29, 1.82) is 0 Å². The third kappa shape index (κ3) is 3.18. The van der Waals surface area contributed by atoms with Crippen molar-refractivity contribution in [2.75, 3.05) is 0 Å². The summed E-state index contributed by atoms with van der Waals surface area (Å²) in [7, 11) is 0. The second kappa shape index (κ2) is 6.15. The lowest BCUT2D eigenvalue weighted by Gasteiger charge is -2.24. The molecule has 2 aromatic rings. The van der Waals surface area contributed by atoms with Gasteiger partial charge in [0.25, 0.3) is 0 Å². The molecule has 0 radical (unpaired) electrons. The third-order valence-corrected chi connectivity index (χ3v) is 4.59. The summed E-state index contributed by atoms with van der Waals surface area (Å²) in [5.41, 5.74) is 3.02. The van der Waals surface area contributed by atoms with E-state index < -0.39 is 11.6 Å². The Morgan fingerprint density at radius 3 is 2.45 bits per heavy atom. The maximum atomic E-state index is 13.9. The van der Waals surface area contributed by atoms with Gasteiger partial charge in [-0.3, -0.25) is 0 Å². The molecule has 3 rings (SSSR count). The van der Waals surface area contributed by atoms with E-state index in [1.54, 1.807) is 13.0 Å². The summed E-state index contributed by atoms with van der Waals surface area (Å²) < 4.78 is 41.1. The van der Waals surface area contributed by atoms with Gasteiger partial charge in [-0.15, -0.1) is 0 Å². The van der Waals surface area contributed by atoms with Gasteiger partial charge in [0.05, 0.1) is 0 Å². The summed E-state index contributed by atoms with van der Waals surface area (Å²) >= 11 is 0. The monoisotopic (exact) mass is 304 g/mol. The first-order valence-electron chi connectivity index (χ1n) is 7.75. The van der Waals surface area contributed by atoms with Crippen LogP contribution in [0.1, 0.15) is 35.1 Å². The van der Waals surface area contributed by atoms with E-state index in [9.17, 15) is 13.2 Å². The average molecular weight is 304 g/mol. The number of benzene rings is 2. The molecule has 0 saturated heterocycles. The molecule has 116 valence electrons. The fourth-order valence-electron chi connectivity index (χ4n) is 3.36. The van der Waals surface area contributed by atoms with Gasteiger partial charge in [0.1, 0.15) is 17.5 Å². The van der Waals surface area contributed by atoms with Gasteiger partial charge in [-0.1, -0.05) is 6.07 Å². The smallest absolute Gasteiger partial charge is 0.129 e. The number of hydrogen-bond acceptors (Lipinski definition) is 0. The van der Waals surface area contributed by atoms with Gasteiger partial charge in [-0.2, -0.15) is 0 Å². The number of aryl methyl sites for hydroxylation is 2. The Labute approximate surface area is 129 Å². The van der Waals surface area contributed by atoms with Gasteiger partial charge in [-0.05, 0) is 85.9 Å². The first-order chi connectivity index (χ1) is 10.5. The van der Waals surface area contributed by atoms with Crippen molar-refractivity contribution in [2.45, 2.75) is 39.0 Å². The van der Waals surface area contributed by atoms with Crippen LogP contribution in [0.15, 0.2) is 30.3 Å². The molecule has 0 bridgehead atoms. The van der Waals surface area contributed by atoms with Gasteiger partial charge < -0.3 is 0 Å². The summed E-state index contributed by atoms with van der Waals surface area (Å²) in [5, 5.41) is 0. The summed E-state index contributed by atoms with van der Waals surface area (Å²) in [6.45, 7) is 1.68. The van der Waals surface area contributed by atoms with Crippen molar-refractivity contribution in [3.8, 4) is 0 Å². The summed E-state index contributed by atoms with van der Waals surface area (Å²) in [6, 6.07) is 7.69. The van der Waals surface area contributed by atoms with Crippen LogP contribution >= 0.6 is 0 Å². The van der Waals surface area contributed by atoms with E-state index in [0.29, 0.717) is 17.9 Å². The van der Waals surface area contributed by atoms with Crippen molar-refractivity contribution in [3.05, 3.63) is 70.0 Å². The highest BCUT2D eigenvalue weighted by Gasteiger charge is 2.20. The van der Waals surface area contributed by atoms with Gasteiger partial charge in [0.2, 0.25) is 0 Å². The van der Waals surface area contributed by atoms with Crippen molar-refractivity contribution in [2.24, 2.45) is 5.92 Å². The minimum Gasteiger partial charge on any atom is -0.207 e. The molecule has 0 fully saturated rings. The summed E-state index contributed by atoms with van der Waals surface area (Å²) in [5.74, 6) is -0.774. The van der Waals surface area contributed by atoms with E-state index in [1.165, 1.54) is 23.8 Å². The fraction of sp³-hybridized carbons (Fsp3) is 0.368. The second-order valence-corrected chi connectivity index (χ2v) is 6.27. The SMILES string of the molecule is Cc1cc(F)c(CCC2CCc3ccc(F)cc3C2)c(F)c1. The standard InChI is InChI=1S/C19H19F3/c1-12-8-18(21)17(19(22)9-12)7-3-13-2-4-14-5-6-16(20)11-15(14)10-13/h5-6,8-9,11,13H,2-4,7,10H2,1H3. The van der Waals surface area contributed by atoms with E-state index >= 15 is 0 Å². The lowest BCUT2D eigenvalue weighted by molar-refractivity contribution is 0.417. The van der Waals surface area contributed by atoms with Crippen molar-refractivity contribution < 1.29 is 13.2 Å². The van der Waals surface area contributed by atoms with Crippen LogP contribution in [-0.4, -0.2) is 0 Å². The number of rotatable bonds is 3. The van der Waals surface area contributed by atoms with Crippen LogP contribution < -0.4 is 0 Å². The minimum atomic E-state index is -0.459. The highest BCUT2D eigenvalue weighted by Crippen LogP contribution is 2.30. The lowest BCUT2D eigenvalue weighted by Crippen LogP contribution is -2.15. The van der Waals surface area contributed by atoms with Crippen LogP contribution in [0.3, 0.4) is 0 Å². The average Bonchev–Trinajstić information content (AvgIpc) is 2.45. The fourth-order valence-corrected chi connectivity index (χ4v) is 3.36. The Bertz CT molecular complexity index is 668. The van der Waals surface area contributed by atoms with Crippen molar-refractivity contribution >= 4 is 0 Å². The van der Waals surface area contributed by atoms with E-state index in [2.05, 4.69) is 0 Å². The summed E-state index contributed by atoms with van der Waals surface area (Å²) in [4.78, 5) is 0. The molecule has 3 heteroatoms. The highest BCUT2D eigenvalue weighted by atomic mass is 19.1. The second-order valence-electron chi connectivity index (χ2n) is 6.27. The molecule has 0 saturated carbocycles. The van der Waals surface area contributed by atoms with Crippen molar-refractivity contribution in [3.63, 3.8) is 0 Å². The molecule has 0 heterocycles. The maximum absolute atomic E-state index is 13.9. The topological polar surface area (TPSA) is 0 Å². The molecule has 2 aromatic carbocycles. The Hall–Kier alpha value is -1.77. The maximum Gasteiger partial charge on any atom is 0.129 e. The zero-order chi connectivity index (χ0) is 15.7. The molecule has 0 nitrogen and oxygen atoms in total. The molecule has 0 aliphatic heterocycles. The Kier molecular flexibility index (Phi) is 4.23. The zero-order valence-electron chi connectivity index (χ0n) is 12.6. The molecule has 22 heavy (non-hydrogen) atoms. The van der Waals surface area contributed by atoms with Crippen LogP contribution in [0.4, 0.5) is 13.2 Å². The number of hydrogen-bond donors (Lipinski definition) is 0. The van der Waals surface area contributed by atoms with Gasteiger partial charge in [0, 0.05) is 5.56 Å². The lowest BCUT2D eigenvalue weighted by atomic mass is 9.81. The minimum absolute atomic E-state index is 0.177. The molecule has 0 spiro atoms. The normalized spacial score (nSPS) is 17.4. The van der Waals surface area contributed by atoms with Crippen molar-refractivity contribution in [1.82, 2.24) is 0 Å². The highest BCUT2D eigenvalue weighted by molar-refractivity contribution is 5.31. The molecule has 0 N–H and O–H groups in total. The Balaban J connectivity index is 1.68. The quantitative estimate of drug-likeness (QED) is 0.735. The van der Waals surface area contributed by atoms with Gasteiger partial charge in [-0.25, -0.2) is 13.2 Å². The van der Waals surface area contributed by atoms with Gasteiger partial charge in [0.15, 0.2) is 0 Å². The van der Waals surface area contributed by atoms with E-state index in [1.807, 2.05) is 6.07 Å². The molecular weight excluding hydrogens is 285 g/mol. The molecule has 1 aliphatic carbocycles. The van der Waals surface area contributed by atoms with Gasteiger partial charge >= 0.3 is 0 Å². The predicted molar refractivity (Wildman–Crippen MR) is 81.3 cm³/mol. The van der Waals surface area contributed by atoms with Crippen LogP contribution in [0, 0.1) is 30.3 Å². The first kappa shape index (κ1) is 15.1. The number of fused-ring (bicyclic) bond motifs is 1. The predicted octanol–water partition coefficient (Wildman–Crippen LogP) is 5.15. The molecule has 1 aliphatic rings. The number of halogens is 3. The van der Waals surface area contributed by atoms with Crippen LogP contribution in [0.25, 0.3) is 0 Å². The van der Waals surface area contributed by atoms with Crippen LogP contribution in [0.2, 0.25) is 0 Å². The zero-order valence-corrected chi connectivity index (χ0v) is 12.6. The molecule has 0 aromatic heterocycles. The van der Waals surface area contributed by atoms with E-state index in [0.717, 1.165) is 31.2 Å². The summed E-state index contributed by atoms with van der Waals surface area (Å²) in [6.07, 6.45) is 3.83. The van der Waals surface area contributed by atoms with E-state index in [-0.39, 0.29) is 11.4 Å². The van der Waals surface area contributed by atoms with E-state index in [4.69, 9.17) is 0 Å². The largest absolute Gasteiger partial charge is 0.207 e. The Morgan fingerprint density at radius 2 is 1.73 bits per heavy atom. The molecule has 0 amide bonds. The molecule has 1 unspecified atom stereocenters. The third-order valence-electron chi connectivity index (χ3n) is 4.59. The van der Waals surface area contributed by atoms with Crippen LogP contribution in [-0.2, 0) is 19.3 Å². The molecular formula is C19H19F3. The van der Waals surface area contributed by atoms with Crippen LogP contribution in [0.5, 0.6) is 0 Å². The Morgan fingerprint density at radius 1 is 1.00 bits per heavy atom. The molecule has 1 atom stereocenters. The first-order valence-corrected chi connectivity index (χ1v) is 7.75.